The van der Waals surface area contributed by atoms with Crippen LogP contribution in [-0.2, 0) is 22.7 Å². The number of benzene rings is 1. The van der Waals surface area contributed by atoms with Gasteiger partial charge in [-0.15, -0.1) is 0 Å². The highest BCUT2D eigenvalue weighted by molar-refractivity contribution is 7.90. The van der Waals surface area contributed by atoms with E-state index >= 15 is 0 Å². The van der Waals surface area contributed by atoms with Gasteiger partial charge in [-0.3, -0.25) is 0 Å². The quantitative estimate of drug-likeness (QED) is 0.851. The lowest BCUT2D eigenvalue weighted by Gasteiger charge is -2.11. The Morgan fingerprint density at radius 2 is 1.82 bits per heavy atom. The Morgan fingerprint density at radius 1 is 1.14 bits per heavy atom. The minimum Gasteiger partial charge on any atom is -0.464 e. The van der Waals surface area contributed by atoms with E-state index < -0.39 is 9.84 Å². The Bertz CT molecular complexity index is 702. The molecule has 0 amide bonds. The zero-order valence-electron chi connectivity index (χ0n) is 13.3. The molecule has 0 fully saturated rings. The molecule has 1 N–H and O–H groups in total. The lowest BCUT2D eigenvalue weighted by Crippen LogP contribution is -2.21. The second-order valence-electron chi connectivity index (χ2n) is 5.50. The first kappa shape index (κ1) is 16.8. The van der Waals surface area contributed by atoms with E-state index in [9.17, 15) is 8.42 Å². The molecule has 0 saturated carbocycles. The fraction of sp³-hybridized carbons (Fsp3) is 0.412. The molecule has 2 aromatic rings. The van der Waals surface area contributed by atoms with Crippen molar-refractivity contribution in [1.82, 2.24) is 5.32 Å². The first-order valence-corrected chi connectivity index (χ1v) is 9.40. The highest BCUT2D eigenvalue weighted by Crippen LogP contribution is 2.16. The smallest absolute Gasteiger partial charge is 0.175 e. The van der Waals surface area contributed by atoms with Crippen molar-refractivity contribution >= 4 is 9.84 Å². The molecule has 1 aromatic heterocycles. The van der Waals surface area contributed by atoms with Crippen LogP contribution in [0.4, 0.5) is 0 Å². The average molecular weight is 321 g/mol. The van der Waals surface area contributed by atoms with Crippen molar-refractivity contribution < 1.29 is 12.8 Å². The van der Waals surface area contributed by atoms with Gasteiger partial charge in [0.25, 0.3) is 0 Å². The molecule has 0 aliphatic heterocycles. The van der Waals surface area contributed by atoms with Crippen LogP contribution in [0.1, 0.15) is 37.0 Å². The summed E-state index contributed by atoms with van der Waals surface area (Å²) >= 11 is 0. The summed E-state index contributed by atoms with van der Waals surface area (Å²) < 4.78 is 28.5. The predicted molar refractivity (Wildman–Crippen MR) is 87.8 cm³/mol. The molecule has 0 bridgehead atoms. The third kappa shape index (κ3) is 4.45. The zero-order chi connectivity index (χ0) is 16.2. The SMILES string of the molecule is CCc1ccc([C@@H](C)NCCc2ccc(S(C)(=O)=O)cc2)o1. The largest absolute Gasteiger partial charge is 0.464 e. The van der Waals surface area contributed by atoms with Crippen LogP contribution in [0.2, 0.25) is 0 Å². The molecule has 5 heteroatoms. The first-order chi connectivity index (χ1) is 10.4. The lowest BCUT2D eigenvalue weighted by molar-refractivity contribution is 0.410. The molecule has 1 aromatic carbocycles. The van der Waals surface area contributed by atoms with E-state index in [-0.39, 0.29) is 6.04 Å². The van der Waals surface area contributed by atoms with Gasteiger partial charge in [-0.25, -0.2) is 8.42 Å². The Morgan fingerprint density at radius 3 is 2.36 bits per heavy atom. The zero-order valence-corrected chi connectivity index (χ0v) is 14.1. The summed E-state index contributed by atoms with van der Waals surface area (Å²) in [5.41, 5.74) is 1.11. The Hall–Kier alpha value is -1.59. The molecule has 2 rings (SSSR count). The average Bonchev–Trinajstić information content (AvgIpc) is 2.96. The first-order valence-electron chi connectivity index (χ1n) is 7.51. The summed E-state index contributed by atoms with van der Waals surface area (Å²) in [7, 11) is -3.12. The number of sulfone groups is 1. The van der Waals surface area contributed by atoms with Gasteiger partial charge in [-0.05, 0) is 49.7 Å². The van der Waals surface area contributed by atoms with E-state index in [1.807, 2.05) is 24.3 Å². The van der Waals surface area contributed by atoms with E-state index in [4.69, 9.17) is 4.42 Å². The van der Waals surface area contributed by atoms with Crippen LogP contribution in [0.15, 0.2) is 45.7 Å². The molecule has 0 saturated heterocycles. The van der Waals surface area contributed by atoms with Crippen LogP contribution < -0.4 is 5.32 Å². The third-order valence-electron chi connectivity index (χ3n) is 3.67. The molecular weight excluding hydrogens is 298 g/mol. The van der Waals surface area contributed by atoms with Crippen LogP contribution in [0.25, 0.3) is 0 Å². The summed E-state index contributed by atoms with van der Waals surface area (Å²) in [4.78, 5) is 0.361. The molecule has 0 aliphatic rings. The summed E-state index contributed by atoms with van der Waals surface area (Å²) in [6, 6.07) is 11.2. The third-order valence-corrected chi connectivity index (χ3v) is 4.80. The Balaban J connectivity index is 1.85. The van der Waals surface area contributed by atoms with Gasteiger partial charge in [-0.2, -0.15) is 0 Å². The van der Waals surface area contributed by atoms with E-state index in [1.165, 1.54) is 6.26 Å². The highest BCUT2D eigenvalue weighted by Gasteiger charge is 2.10. The van der Waals surface area contributed by atoms with Gasteiger partial charge in [0.1, 0.15) is 11.5 Å². The standard InChI is InChI=1S/C17H23NO3S/c1-4-15-7-10-17(21-15)13(2)18-12-11-14-5-8-16(9-6-14)22(3,19)20/h5-10,13,18H,4,11-12H2,1-3H3/t13-/m1/s1. The number of hydrogen-bond acceptors (Lipinski definition) is 4. The molecule has 1 heterocycles. The van der Waals surface area contributed by atoms with Crippen molar-refractivity contribution in [2.45, 2.75) is 37.6 Å². The molecule has 0 aliphatic carbocycles. The predicted octanol–water partition coefficient (Wildman–Crippen LogP) is 3.14. The monoisotopic (exact) mass is 321 g/mol. The van der Waals surface area contributed by atoms with Crippen molar-refractivity contribution in [1.29, 1.82) is 0 Å². The number of furan rings is 1. The van der Waals surface area contributed by atoms with Gasteiger partial charge in [0.15, 0.2) is 9.84 Å². The minimum absolute atomic E-state index is 0.163. The molecule has 120 valence electrons. The molecule has 22 heavy (non-hydrogen) atoms. The topological polar surface area (TPSA) is 59.3 Å². The van der Waals surface area contributed by atoms with Crippen molar-refractivity contribution in [2.75, 3.05) is 12.8 Å². The maximum atomic E-state index is 11.4. The lowest BCUT2D eigenvalue weighted by atomic mass is 10.1. The normalized spacial score (nSPS) is 13.2. The fourth-order valence-electron chi connectivity index (χ4n) is 2.25. The van der Waals surface area contributed by atoms with Crippen molar-refractivity contribution in [2.24, 2.45) is 0 Å². The van der Waals surface area contributed by atoms with Gasteiger partial charge in [0.05, 0.1) is 10.9 Å². The maximum Gasteiger partial charge on any atom is 0.175 e. The van der Waals surface area contributed by atoms with E-state index in [0.717, 1.165) is 36.5 Å². The molecule has 1 atom stereocenters. The molecule has 0 spiro atoms. The fourth-order valence-corrected chi connectivity index (χ4v) is 2.88. The van der Waals surface area contributed by atoms with Gasteiger partial charge >= 0.3 is 0 Å². The van der Waals surface area contributed by atoms with Crippen LogP contribution >= 0.6 is 0 Å². The van der Waals surface area contributed by atoms with Gasteiger partial charge < -0.3 is 9.73 Å². The van der Waals surface area contributed by atoms with Crippen molar-refractivity contribution in [3.05, 3.63) is 53.5 Å². The molecular formula is C17H23NO3S. The summed E-state index contributed by atoms with van der Waals surface area (Å²) in [6.45, 7) is 4.95. The van der Waals surface area contributed by atoms with E-state index in [2.05, 4.69) is 19.2 Å². The summed E-state index contributed by atoms with van der Waals surface area (Å²) in [5, 5.41) is 3.42. The highest BCUT2D eigenvalue weighted by atomic mass is 32.2. The van der Waals surface area contributed by atoms with Gasteiger partial charge in [0, 0.05) is 12.7 Å². The van der Waals surface area contributed by atoms with Crippen LogP contribution in [0.3, 0.4) is 0 Å². The number of aryl methyl sites for hydroxylation is 1. The van der Waals surface area contributed by atoms with E-state index in [1.54, 1.807) is 12.1 Å². The summed E-state index contributed by atoms with van der Waals surface area (Å²) in [5.74, 6) is 1.95. The molecule has 0 radical (unpaired) electrons. The summed E-state index contributed by atoms with van der Waals surface area (Å²) in [6.07, 6.45) is 2.97. The van der Waals surface area contributed by atoms with Crippen molar-refractivity contribution in [3.8, 4) is 0 Å². The second kappa shape index (κ2) is 7.11. The minimum atomic E-state index is -3.12. The van der Waals surface area contributed by atoms with E-state index in [0.29, 0.717) is 4.90 Å². The number of hydrogen-bond donors (Lipinski definition) is 1. The van der Waals surface area contributed by atoms with Crippen LogP contribution in [0.5, 0.6) is 0 Å². The van der Waals surface area contributed by atoms with Crippen LogP contribution in [0, 0.1) is 0 Å². The number of nitrogens with one attached hydrogen (secondary N) is 1. The molecule has 4 nitrogen and oxygen atoms in total. The maximum absolute atomic E-state index is 11.4. The van der Waals surface area contributed by atoms with Gasteiger partial charge in [0.2, 0.25) is 0 Å². The Labute approximate surface area is 132 Å². The van der Waals surface area contributed by atoms with Crippen LogP contribution in [-0.4, -0.2) is 21.2 Å². The second-order valence-corrected chi connectivity index (χ2v) is 7.52. The van der Waals surface area contributed by atoms with Crippen molar-refractivity contribution in [3.63, 3.8) is 0 Å². The number of rotatable bonds is 7. The Kier molecular flexibility index (Phi) is 5.42. The van der Waals surface area contributed by atoms with Gasteiger partial charge in [-0.1, -0.05) is 19.1 Å². The molecule has 0 unspecified atom stereocenters.